The number of carbonyl (C=O) groups is 1. The Balaban J connectivity index is 1.36. The molecule has 0 aromatic heterocycles. The molecule has 1 saturated carbocycles. The smallest absolute Gasteiger partial charge is 0.257 e. The predicted molar refractivity (Wildman–Crippen MR) is 138 cm³/mol. The number of halogens is 3. The zero-order chi connectivity index (χ0) is 23.9. The lowest BCUT2D eigenvalue weighted by Gasteiger charge is -2.35. The van der Waals surface area contributed by atoms with Gasteiger partial charge in [-0.2, -0.15) is 5.26 Å². The third-order valence-electron chi connectivity index (χ3n) is 7.54. The van der Waals surface area contributed by atoms with Crippen LogP contribution in [0.15, 0.2) is 36.4 Å². The average Bonchev–Trinajstić information content (AvgIpc) is 3.58. The number of hydrogen-bond donors (Lipinski definition) is 1. The molecule has 0 unspecified atom stereocenters. The molecule has 8 heteroatoms. The fourth-order valence-electron chi connectivity index (χ4n) is 5.10. The molecule has 0 bridgehead atoms. The van der Waals surface area contributed by atoms with Crippen LogP contribution in [-0.2, 0) is 0 Å². The fourth-order valence-corrected chi connectivity index (χ4v) is 5.57. The SMILES string of the molecule is N#Cc1ccc(NC(=O)c2ccc(I)cc2N2CCC3(CC2)CC3)cc1N1CCC(F)(F)CC1. The second-order valence-electron chi connectivity index (χ2n) is 9.79. The molecule has 2 saturated heterocycles. The molecule has 0 radical (unpaired) electrons. The van der Waals surface area contributed by atoms with Gasteiger partial charge in [-0.1, -0.05) is 0 Å². The maximum atomic E-state index is 13.6. The molecule has 178 valence electrons. The fraction of sp³-hybridized carbons (Fsp3) is 0.462. The van der Waals surface area contributed by atoms with Crippen LogP contribution in [0.1, 0.15) is 54.4 Å². The summed E-state index contributed by atoms with van der Waals surface area (Å²) in [7, 11) is 0. The number of nitrogens with zero attached hydrogens (tertiary/aromatic N) is 3. The summed E-state index contributed by atoms with van der Waals surface area (Å²) in [6, 6.07) is 13.1. The summed E-state index contributed by atoms with van der Waals surface area (Å²) in [4.78, 5) is 17.5. The first kappa shape index (κ1) is 23.3. The Hall–Kier alpha value is -2.41. The Morgan fingerprint density at radius 3 is 2.21 bits per heavy atom. The van der Waals surface area contributed by atoms with E-state index in [9.17, 15) is 18.8 Å². The van der Waals surface area contributed by atoms with Crippen LogP contribution < -0.4 is 15.1 Å². The Kier molecular flexibility index (Phi) is 6.17. The molecule has 2 aromatic carbocycles. The number of nitrogens with one attached hydrogen (secondary N) is 1. The molecular weight excluding hydrogens is 549 g/mol. The van der Waals surface area contributed by atoms with E-state index in [1.54, 1.807) is 18.2 Å². The first-order valence-corrected chi connectivity index (χ1v) is 12.9. The van der Waals surface area contributed by atoms with Crippen molar-refractivity contribution in [2.45, 2.75) is 44.4 Å². The summed E-state index contributed by atoms with van der Waals surface area (Å²) in [5.41, 5.74) is 3.68. The first-order chi connectivity index (χ1) is 16.3. The number of piperidine rings is 2. The third-order valence-corrected chi connectivity index (χ3v) is 8.21. The number of nitriles is 1. The standard InChI is InChI=1S/C26H27F2IN4O/c27-26(28)9-13-32(14-10-26)22-16-20(3-1-18(22)17-30)31-24(34)21-4-2-19(29)15-23(21)33-11-7-25(5-6-25)8-12-33/h1-4,15-16H,5-14H2,(H,31,34). The van der Waals surface area contributed by atoms with Crippen molar-refractivity contribution < 1.29 is 13.6 Å². The molecule has 0 atom stereocenters. The van der Waals surface area contributed by atoms with Crippen molar-refractivity contribution >= 4 is 45.6 Å². The number of hydrogen-bond acceptors (Lipinski definition) is 4. The highest BCUT2D eigenvalue weighted by molar-refractivity contribution is 14.1. The number of benzene rings is 2. The summed E-state index contributed by atoms with van der Waals surface area (Å²) in [6.45, 7) is 2.27. The molecule has 1 aliphatic carbocycles. The lowest BCUT2D eigenvalue weighted by atomic mass is 9.93. The second kappa shape index (κ2) is 8.99. The van der Waals surface area contributed by atoms with Gasteiger partial charge in [-0.15, -0.1) is 0 Å². The summed E-state index contributed by atoms with van der Waals surface area (Å²) >= 11 is 2.28. The van der Waals surface area contributed by atoms with Crippen LogP contribution in [0.2, 0.25) is 0 Å². The van der Waals surface area contributed by atoms with Crippen molar-refractivity contribution in [2.24, 2.45) is 5.41 Å². The molecule has 34 heavy (non-hydrogen) atoms. The zero-order valence-corrected chi connectivity index (χ0v) is 21.1. The van der Waals surface area contributed by atoms with E-state index >= 15 is 0 Å². The van der Waals surface area contributed by atoms with Crippen molar-refractivity contribution in [3.8, 4) is 6.07 Å². The lowest BCUT2D eigenvalue weighted by molar-refractivity contribution is -0.0220. The van der Waals surface area contributed by atoms with Gasteiger partial charge in [0.15, 0.2) is 0 Å². The highest BCUT2D eigenvalue weighted by Gasteiger charge is 2.44. The van der Waals surface area contributed by atoms with E-state index in [1.165, 1.54) is 25.7 Å². The molecule has 2 aromatic rings. The van der Waals surface area contributed by atoms with E-state index in [0.29, 0.717) is 27.9 Å². The van der Waals surface area contributed by atoms with Gasteiger partial charge in [-0.25, -0.2) is 8.78 Å². The number of carbonyl (C=O) groups excluding carboxylic acids is 1. The van der Waals surface area contributed by atoms with Crippen LogP contribution in [-0.4, -0.2) is 38.0 Å². The van der Waals surface area contributed by atoms with Crippen molar-refractivity contribution in [3.05, 3.63) is 51.1 Å². The van der Waals surface area contributed by atoms with E-state index in [0.717, 1.165) is 22.3 Å². The van der Waals surface area contributed by atoms with E-state index in [4.69, 9.17) is 0 Å². The van der Waals surface area contributed by atoms with Crippen LogP contribution in [0, 0.1) is 20.3 Å². The quantitative estimate of drug-likeness (QED) is 0.452. The highest BCUT2D eigenvalue weighted by Crippen LogP contribution is 2.54. The van der Waals surface area contributed by atoms with Crippen LogP contribution in [0.5, 0.6) is 0 Å². The van der Waals surface area contributed by atoms with Gasteiger partial charge in [0.2, 0.25) is 0 Å². The average molecular weight is 576 g/mol. The topological polar surface area (TPSA) is 59.4 Å². The van der Waals surface area contributed by atoms with Gasteiger partial charge in [-0.05, 0) is 90.1 Å². The summed E-state index contributed by atoms with van der Waals surface area (Å²) < 4.78 is 28.3. The van der Waals surface area contributed by atoms with Crippen molar-refractivity contribution in [3.63, 3.8) is 0 Å². The van der Waals surface area contributed by atoms with Gasteiger partial charge in [0.05, 0.1) is 22.5 Å². The van der Waals surface area contributed by atoms with Gasteiger partial charge in [0.1, 0.15) is 6.07 Å². The molecule has 1 spiro atoms. The van der Waals surface area contributed by atoms with E-state index in [-0.39, 0.29) is 31.8 Å². The van der Waals surface area contributed by atoms with Crippen LogP contribution in [0.4, 0.5) is 25.8 Å². The van der Waals surface area contributed by atoms with E-state index < -0.39 is 5.92 Å². The van der Waals surface area contributed by atoms with Gasteiger partial charge in [0.25, 0.3) is 11.8 Å². The van der Waals surface area contributed by atoms with Gasteiger partial charge in [-0.3, -0.25) is 4.79 Å². The molecule has 5 rings (SSSR count). The zero-order valence-electron chi connectivity index (χ0n) is 18.9. The lowest BCUT2D eigenvalue weighted by Crippen LogP contribution is -2.39. The molecule has 2 aliphatic heterocycles. The molecule has 2 heterocycles. The van der Waals surface area contributed by atoms with Crippen molar-refractivity contribution in [1.29, 1.82) is 5.26 Å². The minimum Gasteiger partial charge on any atom is -0.371 e. The van der Waals surface area contributed by atoms with Gasteiger partial charge < -0.3 is 15.1 Å². The molecule has 1 N–H and O–H groups in total. The van der Waals surface area contributed by atoms with Crippen LogP contribution in [0.25, 0.3) is 0 Å². The summed E-state index contributed by atoms with van der Waals surface area (Å²) in [6.07, 6.45) is 4.53. The maximum absolute atomic E-state index is 13.6. The van der Waals surface area contributed by atoms with E-state index in [2.05, 4.69) is 44.9 Å². The Morgan fingerprint density at radius 1 is 0.912 bits per heavy atom. The Bertz CT molecular complexity index is 1140. The highest BCUT2D eigenvalue weighted by atomic mass is 127. The van der Waals surface area contributed by atoms with Crippen LogP contribution >= 0.6 is 22.6 Å². The Labute approximate surface area is 212 Å². The minimum absolute atomic E-state index is 0.177. The molecular formula is C26H27F2IN4O. The monoisotopic (exact) mass is 576 g/mol. The predicted octanol–water partition coefficient (Wildman–Crippen LogP) is 6.03. The first-order valence-electron chi connectivity index (χ1n) is 11.8. The molecule has 3 aliphatic rings. The van der Waals surface area contributed by atoms with Crippen molar-refractivity contribution in [2.75, 3.05) is 41.3 Å². The number of rotatable bonds is 4. The number of anilines is 3. The molecule has 5 nitrogen and oxygen atoms in total. The normalized spacial score (nSPS) is 20.6. The van der Waals surface area contributed by atoms with Crippen molar-refractivity contribution in [1.82, 2.24) is 0 Å². The van der Waals surface area contributed by atoms with Gasteiger partial charge in [0, 0.05) is 48.3 Å². The second-order valence-corrected chi connectivity index (χ2v) is 11.0. The molecule has 1 amide bonds. The van der Waals surface area contributed by atoms with Crippen LogP contribution in [0.3, 0.4) is 0 Å². The summed E-state index contributed by atoms with van der Waals surface area (Å²) in [5.74, 6) is -2.87. The van der Waals surface area contributed by atoms with E-state index in [1.807, 2.05) is 17.0 Å². The maximum Gasteiger partial charge on any atom is 0.257 e. The number of amides is 1. The number of alkyl halides is 2. The minimum atomic E-state index is -2.66. The molecule has 3 fully saturated rings. The van der Waals surface area contributed by atoms with Gasteiger partial charge >= 0.3 is 0 Å². The Morgan fingerprint density at radius 2 is 1.56 bits per heavy atom. The largest absolute Gasteiger partial charge is 0.371 e. The summed E-state index contributed by atoms with van der Waals surface area (Å²) in [5, 5.41) is 12.5. The third kappa shape index (κ3) is 4.85.